The van der Waals surface area contributed by atoms with Crippen molar-refractivity contribution >= 4 is 0 Å². The molecule has 1 N–H and O–H groups in total. The molecule has 1 aromatic rings. The fraction of sp³-hybridized carbons (Fsp3) is 0.667. The number of rotatable bonds is 5. The molecular weight excluding hydrogens is 246 g/mol. The molecule has 0 saturated heterocycles. The molecule has 0 aromatic heterocycles. The zero-order valence-electron chi connectivity index (χ0n) is 12.6. The molecule has 2 heteroatoms. The maximum absolute atomic E-state index is 5.22. The Morgan fingerprint density at radius 2 is 1.75 bits per heavy atom. The van der Waals surface area contributed by atoms with Crippen LogP contribution in [-0.2, 0) is 0 Å². The number of hydrogen-bond acceptors (Lipinski definition) is 2. The van der Waals surface area contributed by atoms with Crippen LogP contribution >= 0.6 is 0 Å². The summed E-state index contributed by atoms with van der Waals surface area (Å²) in [6.07, 6.45) is 9.86. The minimum Gasteiger partial charge on any atom is -0.497 e. The van der Waals surface area contributed by atoms with Crippen molar-refractivity contribution in [2.24, 2.45) is 5.92 Å². The van der Waals surface area contributed by atoms with E-state index in [1.54, 1.807) is 7.11 Å². The van der Waals surface area contributed by atoms with Crippen LogP contribution in [0.25, 0.3) is 0 Å². The molecule has 2 fully saturated rings. The first-order valence-electron chi connectivity index (χ1n) is 8.22. The first kappa shape index (κ1) is 13.9. The van der Waals surface area contributed by atoms with E-state index in [1.165, 1.54) is 57.1 Å². The van der Waals surface area contributed by atoms with Gasteiger partial charge in [0.1, 0.15) is 5.75 Å². The quantitative estimate of drug-likeness (QED) is 0.871. The van der Waals surface area contributed by atoms with E-state index in [0.29, 0.717) is 0 Å². The van der Waals surface area contributed by atoms with Gasteiger partial charge in [-0.25, -0.2) is 0 Å². The second-order valence-electron chi connectivity index (χ2n) is 6.55. The summed E-state index contributed by atoms with van der Waals surface area (Å²) in [5.74, 6) is 2.66. The maximum atomic E-state index is 5.22. The van der Waals surface area contributed by atoms with Gasteiger partial charge >= 0.3 is 0 Å². The van der Waals surface area contributed by atoms with Crippen LogP contribution in [-0.4, -0.2) is 19.7 Å². The molecule has 0 amide bonds. The van der Waals surface area contributed by atoms with Crippen LogP contribution in [0.5, 0.6) is 5.75 Å². The van der Waals surface area contributed by atoms with Gasteiger partial charge in [0.25, 0.3) is 0 Å². The standard InChI is InChI=1S/C18H27NO/c1-20-18-9-7-15(8-10-18)16-11-17(12-16)19-13-14-5-3-2-4-6-14/h7-10,14,16-17,19H,2-6,11-13H2,1H3. The lowest BCUT2D eigenvalue weighted by Crippen LogP contribution is -2.42. The predicted octanol–water partition coefficient (Wildman–Crippen LogP) is 4.11. The molecule has 2 aliphatic rings. The maximum Gasteiger partial charge on any atom is 0.118 e. The molecule has 0 unspecified atom stereocenters. The van der Waals surface area contributed by atoms with E-state index in [2.05, 4.69) is 29.6 Å². The highest BCUT2D eigenvalue weighted by Crippen LogP contribution is 2.37. The summed E-state index contributed by atoms with van der Waals surface area (Å²) in [6, 6.07) is 9.36. The van der Waals surface area contributed by atoms with Gasteiger partial charge in [-0.05, 0) is 61.8 Å². The summed E-state index contributed by atoms with van der Waals surface area (Å²) in [5, 5.41) is 3.79. The Hall–Kier alpha value is -1.02. The fourth-order valence-electron chi connectivity index (χ4n) is 3.66. The van der Waals surface area contributed by atoms with E-state index in [-0.39, 0.29) is 0 Å². The van der Waals surface area contributed by atoms with Gasteiger partial charge in [0.05, 0.1) is 7.11 Å². The zero-order valence-corrected chi connectivity index (χ0v) is 12.6. The lowest BCUT2D eigenvalue weighted by atomic mass is 9.75. The molecule has 110 valence electrons. The fourth-order valence-corrected chi connectivity index (χ4v) is 3.66. The van der Waals surface area contributed by atoms with Gasteiger partial charge in [0.2, 0.25) is 0 Å². The van der Waals surface area contributed by atoms with Gasteiger partial charge in [-0.1, -0.05) is 31.4 Å². The summed E-state index contributed by atoms with van der Waals surface area (Å²) in [5.41, 5.74) is 1.47. The Morgan fingerprint density at radius 1 is 1.05 bits per heavy atom. The van der Waals surface area contributed by atoms with Gasteiger partial charge in [0, 0.05) is 6.04 Å². The van der Waals surface area contributed by atoms with Crippen LogP contribution in [0, 0.1) is 5.92 Å². The summed E-state index contributed by atoms with van der Waals surface area (Å²) >= 11 is 0. The second-order valence-corrected chi connectivity index (χ2v) is 6.55. The van der Waals surface area contributed by atoms with Crippen LogP contribution in [0.1, 0.15) is 56.4 Å². The molecule has 2 aliphatic carbocycles. The van der Waals surface area contributed by atoms with Crippen molar-refractivity contribution in [3.8, 4) is 5.75 Å². The van der Waals surface area contributed by atoms with Crippen molar-refractivity contribution in [2.45, 2.75) is 56.9 Å². The van der Waals surface area contributed by atoms with E-state index in [0.717, 1.165) is 23.6 Å². The van der Waals surface area contributed by atoms with Crippen molar-refractivity contribution < 1.29 is 4.74 Å². The Kier molecular flexibility index (Phi) is 4.62. The summed E-state index contributed by atoms with van der Waals surface area (Å²) in [4.78, 5) is 0. The highest BCUT2D eigenvalue weighted by atomic mass is 16.5. The van der Waals surface area contributed by atoms with Crippen LogP contribution in [0.15, 0.2) is 24.3 Å². The van der Waals surface area contributed by atoms with Gasteiger partial charge in [-0.2, -0.15) is 0 Å². The van der Waals surface area contributed by atoms with E-state index in [9.17, 15) is 0 Å². The molecular formula is C18H27NO. The van der Waals surface area contributed by atoms with Crippen LogP contribution < -0.4 is 10.1 Å². The Bertz CT molecular complexity index is 402. The Morgan fingerprint density at radius 3 is 2.40 bits per heavy atom. The highest BCUT2D eigenvalue weighted by Gasteiger charge is 2.30. The van der Waals surface area contributed by atoms with Gasteiger partial charge in [0.15, 0.2) is 0 Å². The van der Waals surface area contributed by atoms with E-state index in [4.69, 9.17) is 4.74 Å². The molecule has 1 aromatic carbocycles. The molecule has 0 aliphatic heterocycles. The van der Waals surface area contributed by atoms with Gasteiger partial charge in [-0.15, -0.1) is 0 Å². The monoisotopic (exact) mass is 273 g/mol. The minimum atomic E-state index is 0.754. The lowest BCUT2D eigenvalue weighted by molar-refractivity contribution is 0.255. The average Bonchev–Trinajstić information content (AvgIpc) is 2.47. The number of nitrogens with one attached hydrogen (secondary N) is 1. The highest BCUT2D eigenvalue weighted by molar-refractivity contribution is 5.30. The molecule has 0 atom stereocenters. The molecule has 0 bridgehead atoms. The Balaban J connectivity index is 1.39. The first-order valence-corrected chi connectivity index (χ1v) is 8.22. The van der Waals surface area contributed by atoms with Crippen molar-refractivity contribution in [2.75, 3.05) is 13.7 Å². The summed E-state index contributed by atoms with van der Waals surface area (Å²) in [7, 11) is 1.73. The van der Waals surface area contributed by atoms with Gasteiger partial charge in [-0.3, -0.25) is 0 Å². The number of methoxy groups -OCH3 is 1. The third kappa shape index (κ3) is 3.35. The van der Waals surface area contributed by atoms with E-state index in [1.807, 2.05) is 0 Å². The molecule has 0 heterocycles. The molecule has 0 spiro atoms. The number of ether oxygens (including phenoxy) is 1. The molecule has 3 rings (SSSR count). The second kappa shape index (κ2) is 6.62. The largest absolute Gasteiger partial charge is 0.497 e. The molecule has 0 radical (unpaired) electrons. The Labute approximate surface area is 122 Å². The van der Waals surface area contributed by atoms with Crippen LogP contribution in [0.4, 0.5) is 0 Å². The third-order valence-corrected chi connectivity index (χ3v) is 5.15. The zero-order chi connectivity index (χ0) is 13.8. The SMILES string of the molecule is COc1ccc(C2CC(NCC3CCCCC3)C2)cc1. The minimum absolute atomic E-state index is 0.754. The average molecular weight is 273 g/mol. The molecule has 20 heavy (non-hydrogen) atoms. The third-order valence-electron chi connectivity index (χ3n) is 5.15. The van der Waals surface area contributed by atoms with Crippen molar-refractivity contribution in [1.82, 2.24) is 5.32 Å². The lowest BCUT2D eigenvalue weighted by Gasteiger charge is -2.37. The van der Waals surface area contributed by atoms with Crippen molar-refractivity contribution in [1.29, 1.82) is 0 Å². The molecule has 2 saturated carbocycles. The van der Waals surface area contributed by atoms with Gasteiger partial charge < -0.3 is 10.1 Å². The number of hydrogen-bond donors (Lipinski definition) is 1. The smallest absolute Gasteiger partial charge is 0.118 e. The molecule has 2 nitrogen and oxygen atoms in total. The first-order chi connectivity index (χ1) is 9.85. The summed E-state index contributed by atoms with van der Waals surface area (Å²) < 4.78 is 5.22. The van der Waals surface area contributed by atoms with Crippen molar-refractivity contribution in [3.05, 3.63) is 29.8 Å². The topological polar surface area (TPSA) is 21.3 Å². The van der Waals surface area contributed by atoms with E-state index >= 15 is 0 Å². The van der Waals surface area contributed by atoms with Crippen LogP contribution in [0.2, 0.25) is 0 Å². The summed E-state index contributed by atoms with van der Waals surface area (Å²) in [6.45, 7) is 1.25. The predicted molar refractivity (Wildman–Crippen MR) is 83.3 cm³/mol. The number of benzene rings is 1. The van der Waals surface area contributed by atoms with Crippen molar-refractivity contribution in [3.63, 3.8) is 0 Å². The van der Waals surface area contributed by atoms with E-state index < -0.39 is 0 Å². The normalized spacial score (nSPS) is 27.1. The van der Waals surface area contributed by atoms with Crippen LogP contribution in [0.3, 0.4) is 0 Å².